The number of rotatable bonds is 4. The van der Waals surface area contributed by atoms with Crippen molar-refractivity contribution in [1.82, 2.24) is 4.31 Å². The third kappa shape index (κ3) is 4.28. The fraction of sp³-hybridized carbons (Fsp3) is 0.364. The van der Waals surface area contributed by atoms with E-state index >= 15 is 0 Å². The molecule has 2 aliphatic heterocycles. The minimum absolute atomic E-state index is 0.0628. The molecule has 2 N–H and O–H groups in total. The van der Waals surface area contributed by atoms with Gasteiger partial charge < -0.3 is 15.4 Å². The molecule has 8 nitrogen and oxygen atoms in total. The number of hydrogen-bond donors (Lipinski definition) is 2. The van der Waals surface area contributed by atoms with Crippen molar-refractivity contribution < 1.29 is 22.7 Å². The molecule has 1 atom stereocenters. The zero-order valence-electron chi connectivity index (χ0n) is 17.5. The van der Waals surface area contributed by atoms with E-state index in [4.69, 9.17) is 4.74 Å². The second-order valence-electron chi connectivity index (χ2n) is 7.95. The fourth-order valence-corrected chi connectivity index (χ4v) is 5.53. The fourth-order valence-electron chi connectivity index (χ4n) is 3.98. The number of aryl methyl sites for hydroxylation is 2. The Balaban J connectivity index is 1.52. The quantitative estimate of drug-likeness (QED) is 0.756. The third-order valence-corrected chi connectivity index (χ3v) is 7.57. The minimum atomic E-state index is -3.82. The molecule has 2 heterocycles. The van der Waals surface area contributed by atoms with Crippen LogP contribution in [-0.4, -0.2) is 44.2 Å². The Morgan fingerprint density at radius 3 is 2.68 bits per heavy atom. The lowest BCUT2D eigenvalue weighted by Crippen LogP contribution is -2.43. The number of sulfonamides is 1. The highest BCUT2D eigenvalue weighted by Gasteiger charge is 2.34. The maximum Gasteiger partial charge on any atom is 0.262 e. The number of para-hydroxylation sites is 1. The van der Waals surface area contributed by atoms with E-state index in [-0.39, 0.29) is 29.9 Å². The van der Waals surface area contributed by atoms with Crippen molar-refractivity contribution in [3.05, 3.63) is 47.5 Å². The Morgan fingerprint density at radius 1 is 1.19 bits per heavy atom. The van der Waals surface area contributed by atoms with Crippen LogP contribution in [-0.2, 0) is 19.6 Å². The van der Waals surface area contributed by atoms with Crippen molar-refractivity contribution in [3.63, 3.8) is 0 Å². The Kier molecular flexibility index (Phi) is 5.72. The van der Waals surface area contributed by atoms with Gasteiger partial charge >= 0.3 is 0 Å². The largest absolute Gasteiger partial charge is 0.482 e. The number of fused-ring (bicyclic) bond motifs is 1. The highest BCUT2D eigenvalue weighted by atomic mass is 32.2. The molecule has 9 heteroatoms. The summed E-state index contributed by atoms with van der Waals surface area (Å²) in [6, 6.07) is 10.2. The van der Waals surface area contributed by atoms with Crippen molar-refractivity contribution in [2.45, 2.75) is 31.6 Å². The lowest BCUT2D eigenvalue weighted by atomic mass is 9.98. The van der Waals surface area contributed by atoms with Gasteiger partial charge in [-0.3, -0.25) is 9.59 Å². The van der Waals surface area contributed by atoms with Crippen molar-refractivity contribution in [3.8, 4) is 5.75 Å². The zero-order chi connectivity index (χ0) is 22.2. The number of piperidine rings is 1. The van der Waals surface area contributed by atoms with Crippen LogP contribution in [0.1, 0.15) is 24.0 Å². The Hall–Kier alpha value is -2.91. The average Bonchev–Trinajstić information content (AvgIpc) is 2.75. The smallest absolute Gasteiger partial charge is 0.262 e. The van der Waals surface area contributed by atoms with Gasteiger partial charge in [0, 0.05) is 18.8 Å². The van der Waals surface area contributed by atoms with Crippen LogP contribution in [0.2, 0.25) is 0 Å². The van der Waals surface area contributed by atoms with Gasteiger partial charge in [0.1, 0.15) is 5.75 Å². The third-order valence-electron chi connectivity index (χ3n) is 5.71. The minimum Gasteiger partial charge on any atom is -0.482 e. The Bertz CT molecular complexity index is 1130. The summed E-state index contributed by atoms with van der Waals surface area (Å²) in [5, 5.41) is 5.61. The van der Waals surface area contributed by atoms with Crippen molar-refractivity contribution >= 4 is 33.2 Å². The van der Waals surface area contributed by atoms with Crippen molar-refractivity contribution in [1.29, 1.82) is 0 Å². The van der Waals surface area contributed by atoms with E-state index < -0.39 is 15.9 Å². The van der Waals surface area contributed by atoms with Crippen LogP contribution in [0, 0.1) is 19.8 Å². The van der Waals surface area contributed by atoms with Crippen LogP contribution in [0.25, 0.3) is 0 Å². The predicted octanol–water partition coefficient (Wildman–Crippen LogP) is 2.67. The van der Waals surface area contributed by atoms with Gasteiger partial charge in [-0.25, -0.2) is 8.42 Å². The SMILES string of the molecule is Cc1cccc(C)c1NC(=O)C1CCCN(S(=O)(=O)c2ccc3c(c2)NC(=O)CO3)C1. The summed E-state index contributed by atoms with van der Waals surface area (Å²) in [5.41, 5.74) is 3.04. The van der Waals surface area contributed by atoms with Gasteiger partial charge in [-0.1, -0.05) is 18.2 Å². The number of carbonyl (C=O) groups is 2. The molecule has 2 aliphatic rings. The highest BCUT2D eigenvalue weighted by Crippen LogP contribution is 2.32. The number of hydrogen-bond acceptors (Lipinski definition) is 5. The molecule has 164 valence electrons. The molecule has 4 rings (SSSR count). The Morgan fingerprint density at radius 2 is 1.94 bits per heavy atom. The first-order valence-corrected chi connectivity index (χ1v) is 11.6. The molecule has 0 aliphatic carbocycles. The van der Waals surface area contributed by atoms with Crippen molar-refractivity contribution in [2.24, 2.45) is 5.92 Å². The predicted molar refractivity (Wildman–Crippen MR) is 117 cm³/mol. The Labute approximate surface area is 181 Å². The molecule has 2 amide bonds. The number of nitrogens with zero attached hydrogens (tertiary/aromatic N) is 1. The molecule has 1 unspecified atom stereocenters. The first kappa shape index (κ1) is 21.3. The van der Waals surface area contributed by atoms with E-state index in [2.05, 4.69) is 10.6 Å². The molecule has 0 bridgehead atoms. The molecular weight excluding hydrogens is 418 g/mol. The molecule has 31 heavy (non-hydrogen) atoms. The number of anilines is 2. The second-order valence-corrected chi connectivity index (χ2v) is 9.89. The van der Waals surface area contributed by atoms with Gasteiger partial charge in [0.05, 0.1) is 16.5 Å². The molecule has 0 aromatic heterocycles. The molecule has 0 saturated carbocycles. The topological polar surface area (TPSA) is 105 Å². The van der Waals surface area contributed by atoms with Crippen LogP contribution in [0.3, 0.4) is 0 Å². The van der Waals surface area contributed by atoms with E-state index in [9.17, 15) is 18.0 Å². The monoisotopic (exact) mass is 443 g/mol. The summed E-state index contributed by atoms with van der Waals surface area (Å²) in [5.74, 6) is -0.516. The molecule has 1 saturated heterocycles. The molecule has 2 aromatic rings. The first-order chi connectivity index (χ1) is 14.8. The van der Waals surface area contributed by atoms with Gasteiger partial charge in [0.2, 0.25) is 15.9 Å². The maximum atomic E-state index is 13.2. The summed E-state index contributed by atoms with van der Waals surface area (Å²) in [6.45, 7) is 4.22. The molecule has 1 fully saturated rings. The number of ether oxygens (including phenoxy) is 1. The van der Waals surface area contributed by atoms with E-state index in [0.717, 1.165) is 16.8 Å². The maximum absolute atomic E-state index is 13.2. The van der Waals surface area contributed by atoms with E-state index in [1.54, 1.807) is 0 Å². The first-order valence-electron chi connectivity index (χ1n) is 10.2. The van der Waals surface area contributed by atoms with Crippen LogP contribution >= 0.6 is 0 Å². The number of benzene rings is 2. The summed E-state index contributed by atoms with van der Waals surface area (Å²) < 4.78 is 33.1. The second kappa shape index (κ2) is 8.32. The van der Waals surface area contributed by atoms with Gasteiger partial charge in [-0.15, -0.1) is 0 Å². The van der Waals surface area contributed by atoms with Gasteiger partial charge in [0.25, 0.3) is 5.91 Å². The van der Waals surface area contributed by atoms with E-state index in [0.29, 0.717) is 30.8 Å². The lowest BCUT2D eigenvalue weighted by Gasteiger charge is -2.31. The lowest BCUT2D eigenvalue weighted by molar-refractivity contribution is -0.121. The van der Waals surface area contributed by atoms with E-state index in [1.807, 2.05) is 32.0 Å². The zero-order valence-corrected chi connectivity index (χ0v) is 18.3. The molecule has 0 spiro atoms. The van der Waals surface area contributed by atoms with Crippen molar-refractivity contribution in [2.75, 3.05) is 30.3 Å². The van der Waals surface area contributed by atoms with Gasteiger partial charge in [-0.05, 0) is 56.0 Å². The summed E-state index contributed by atoms with van der Waals surface area (Å²) in [7, 11) is -3.82. The number of amides is 2. The van der Waals surface area contributed by atoms with E-state index in [1.165, 1.54) is 22.5 Å². The van der Waals surface area contributed by atoms with Crippen LogP contribution < -0.4 is 15.4 Å². The number of carbonyl (C=O) groups excluding carboxylic acids is 2. The summed E-state index contributed by atoms with van der Waals surface area (Å²) in [4.78, 5) is 24.5. The summed E-state index contributed by atoms with van der Waals surface area (Å²) in [6.07, 6.45) is 1.21. The van der Waals surface area contributed by atoms with Crippen LogP contribution in [0.15, 0.2) is 41.3 Å². The molecule has 2 aromatic carbocycles. The normalized spacial score (nSPS) is 19.2. The highest BCUT2D eigenvalue weighted by molar-refractivity contribution is 7.89. The van der Waals surface area contributed by atoms with Gasteiger partial charge in [0.15, 0.2) is 6.61 Å². The van der Waals surface area contributed by atoms with Gasteiger partial charge in [-0.2, -0.15) is 4.31 Å². The molecular formula is C22H25N3O5S. The standard InChI is InChI=1S/C22H25N3O5S/c1-14-5-3-6-15(2)21(14)24-22(27)16-7-4-10-25(12-16)31(28,29)17-8-9-19-18(11-17)23-20(26)13-30-19/h3,5-6,8-9,11,16H,4,7,10,12-13H2,1-2H3,(H,23,26)(H,24,27). The molecule has 0 radical (unpaired) electrons. The summed E-state index contributed by atoms with van der Waals surface area (Å²) >= 11 is 0. The number of nitrogens with one attached hydrogen (secondary N) is 2. The van der Waals surface area contributed by atoms with Crippen LogP contribution in [0.4, 0.5) is 11.4 Å². The van der Waals surface area contributed by atoms with Crippen LogP contribution in [0.5, 0.6) is 5.75 Å². The average molecular weight is 444 g/mol.